The van der Waals surface area contributed by atoms with Gasteiger partial charge in [0.15, 0.2) is 5.82 Å². The summed E-state index contributed by atoms with van der Waals surface area (Å²) >= 11 is 0. The van der Waals surface area contributed by atoms with Crippen LogP contribution in [0.15, 0.2) is 91.6 Å². The van der Waals surface area contributed by atoms with Gasteiger partial charge in [0.2, 0.25) is 0 Å². The van der Waals surface area contributed by atoms with Gasteiger partial charge in [-0.1, -0.05) is 75.4 Å². The number of para-hydroxylation sites is 1. The Labute approximate surface area is 221 Å². The van der Waals surface area contributed by atoms with Crippen molar-refractivity contribution in [2.45, 2.75) is 53.1 Å². The van der Waals surface area contributed by atoms with Crippen LogP contribution >= 0.6 is 0 Å². The monoisotopic (exact) mass is 485 g/mol. The van der Waals surface area contributed by atoms with Gasteiger partial charge < -0.3 is 9.80 Å². The maximum absolute atomic E-state index is 4.96. The minimum absolute atomic E-state index is 0.0298. The summed E-state index contributed by atoms with van der Waals surface area (Å²) in [6, 6.07) is 26.5. The van der Waals surface area contributed by atoms with Crippen molar-refractivity contribution >= 4 is 22.9 Å². The number of benzene rings is 3. The third kappa shape index (κ3) is 3.10. The lowest BCUT2D eigenvalue weighted by atomic mass is 9.58. The summed E-state index contributed by atoms with van der Waals surface area (Å²) in [5.41, 5.74) is 10.8. The molecule has 0 radical (unpaired) electrons. The standard InChI is InChI=1S/C34H35N3/c1-8-34(7)26-19-18-25(30-23(3)14-11-15-24(30)4)21-29(26)36-28-17-12-20-35-31(28)37(32(36)33(34,5)6)27-16-10-9-13-22(27)2/h8-21,32H,1H2,2-7H3. The van der Waals surface area contributed by atoms with Gasteiger partial charge in [-0.05, 0) is 78.4 Å². The fourth-order valence-electron chi connectivity index (χ4n) is 6.70. The number of aryl methyl sites for hydroxylation is 3. The van der Waals surface area contributed by atoms with Crippen molar-refractivity contribution in [3.05, 3.63) is 114 Å². The number of hydrogen-bond donors (Lipinski definition) is 0. The molecular formula is C34H35N3. The van der Waals surface area contributed by atoms with Crippen LogP contribution in [0, 0.1) is 26.2 Å². The number of rotatable bonds is 3. The average Bonchev–Trinajstić information content (AvgIpc) is 3.24. The summed E-state index contributed by atoms with van der Waals surface area (Å²) < 4.78 is 0. The summed E-state index contributed by atoms with van der Waals surface area (Å²) in [7, 11) is 0. The quantitative estimate of drug-likeness (QED) is 0.270. The first-order valence-corrected chi connectivity index (χ1v) is 13.1. The second-order valence-electron chi connectivity index (χ2n) is 11.4. The van der Waals surface area contributed by atoms with Crippen LogP contribution in [0.25, 0.3) is 11.1 Å². The molecule has 186 valence electrons. The molecule has 2 unspecified atom stereocenters. The summed E-state index contributed by atoms with van der Waals surface area (Å²) in [5.74, 6) is 1.01. The summed E-state index contributed by atoms with van der Waals surface area (Å²) in [4.78, 5) is 9.96. The number of hydrogen-bond acceptors (Lipinski definition) is 3. The largest absolute Gasteiger partial charge is 0.316 e. The van der Waals surface area contributed by atoms with Gasteiger partial charge in [0.1, 0.15) is 6.17 Å². The number of allylic oxidation sites excluding steroid dienone is 1. The van der Waals surface area contributed by atoms with Crippen LogP contribution in [-0.4, -0.2) is 11.1 Å². The smallest absolute Gasteiger partial charge is 0.158 e. The lowest BCUT2D eigenvalue weighted by Crippen LogP contribution is -2.60. The van der Waals surface area contributed by atoms with Gasteiger partial charge in [0.25, 0.3) is 0 Å². The van der Waals surface area contributed by atoms with E-state index < -0.39 is 0 Å². The number of anilines is 4. The SMILES string of the molecule is C=CC1(C)c2ccc(-c3c(C)cccc3C)cc2N2c3cccnc3N(c3ccccc3C)C2C1(C)C. The molecule has 0 saturated heterocycles. The van der Waals surface area contributed by atoms with E-state index in [2.05, 4.69) is 137 Å². The second-order valence-corrected chi connectivity index (χ2v) is 11.4. The van der Waals surface area contributed by atoms with Crippen LogP contribution in [0.4, 0.5) is 22.9 Å². The minimum Gasteiger partial charge on any atom is -0.316 e. The Hall–Kier alpha value is -3.85. The molecule has 3 heteroatoms. The molecule has 2 atom stereocenters. The Morgan fingerprint density at radius 1 is 0.757 bits per heavy atom. The molecule has 37 heavy (non-hydrogen) atoms. The van der Waals surface area contributed by atoms with E-state index in [9.17, 15) is 0 Å². The van der Waals surface area contributed by atoms with E-state index in [0.29, 0.717) is 0 Å². The first-order valence-electron chi connectivity index (χ1n) is 13.1. The number of aromatic nitrogens is 1. The highest BCUT2D eigenvalue weighted by molar-refractivity contribution is 5.91. The molecule has 0 spiro atoms. The van der Waals surface area contributed by atoms with E-state index in [1.807, 2.05) is 6.20 Å². The first-order chi connectivity index (χ1) is 17.7. The highest BCUT2D eigenvalue weighted by atomic mass is 15.5. The molecule has 0 amide bonds. The average molecular weight is 486 g/mol. The lowest BCUT2D eigenvalue weighted by molar-refractivity contribution is 0.171. The molecule has 0 aliphatic carbocycles. The zero-order chi connectivity index (χ0) is 26.1. The molecule has 3 nitrogen and oxygen atoms in total. The summed E-state index contributed by atoms with van der Waals surface area (Å²) in [6.07, 6.45) is 4.10. The van der Waals surface area contributed by atoms with Gasteiger partial charge in [0.05, 0.1) is 5.69 Å². The third-order valence-corrected chi connectivity index (χ3v) is 9.10. The van der Waals surface area contributed by atoms with E-state index >= 15 is 0 Å². The van der Waals surface area contributed by atoms with Crippen LogP contribution in [0.5, 0.6) is 0 Å². The Morgan fingerprint density at radius 2 is 1.43 bits per heavy atom. The highest BCUT2D eigenvalue weighted by Gasteiger charge is 2.59. The van der Waals surface area contributed by atoms with Gasteiger partial charge in [-0.25, -0.2) is 4.98 Å². The Kier molecular flexibility index (Phi) is 5.14. The molecule has 0 bridgehead atoms. The van der Waals surface area contributed by atoms with Crippen molar-refractivity contribution in [3.63, 3.8) is 0 Å². The lowest BCUT2D eigenvalue weighted by Gasteiger charge is -2.56. The van der Waals surface area contributed by atoms with Crippen LogP contribution in [0.2, 0.25) is 0 Å². The summed E-state index contributed by atoms with van der Waals surface area (Å²) in [5, 5.41) is 0. The van der Waals surface area contributed by atoms with E-state index in [-0.39, 0.29) is 17.0 Å². The number of nitrogens with zero attached hydrogens (tertiary/aromatic N) is 3. The van der Waals surface area contributed by atoms with Crippen molar-refractivity contribution in [1.82, 2.24) is 4.98 Å². The summed E-state index contributed by atoms with van der Waals surface area (Å²) in [6.45, 7) is 18.1. The molecule has 2 aliphatic heterocycles. The van der Waals surface area contributed by atoms with E-state index in [0.717, 1.165) is 11.5 Å². The van der Waals surface area contributed by atoms with Crippen molar-refractivity contribution in [1.29, 1.82) is 0 Å². The predicted molar refractivity (Wildman–Crippen MR) is 156 cm³/mol. The topological polar surface area (TPSA) is 19.4 Å². The molecule has 3 aromatic carbocycles. The number of fused-ring (bicyclic) bond motifs is 5. The van der Waals surface area contributed by atoms with Gasteiger partial charge in [-0.15, -0.1) is 6.58 Å². The molecule has 6 rings (SSSR count). The van der Waals surface area contributed by atoms with Gasteiger partial charge in [-0.2, -0.15) is 0 Å². The van der Waals surface area contributed by atoms with E-state index in [1.54, 1.807) is 0 Å². The third-order valence-electron chi connectivity index (χ3n) is 9.10. The van der Waals surface area contributed by atoms with Gasteiger partial charge >= 0.3 is 0 Å². The molecule has 4 aromatic rings. The second kappa shape index (κ2) is 8.08. The molecule has 0 fully saturated rings. The Bertz CT molecular complexity index is 1530. The molecular weight excluding hydrogens is 450 g/mol. The van der Waals surface area contributed by atoms with Crippen LogP contribution < -0.4 is 9.80 Å². The predicted octanol–water partition coefficient (Wildman–Crippen LogP) is 8.77. The van der Waals surface area contributed by atoms with Crippen molar-refractivity contribution in [2.24, 2.45) is 5.41 Å². The minimum atomic E-state index is -0.258. The van der Waals surface area contributed by atoms with Gasteiger partial charge in [-0.3, -0.25) is 0 Å². The fourth-order valence-corrected chi connectivity index (χ4v) is 6.70. The molecule has 0 N–H and O–H groups in total. The molecule has 2 aliphatic rings. The Morgan fingerprint density at radius 3 is 2.14 bits per heavy atom. The van der Waals surface area contributed by atoms with Crippen molar-refractivity contribution in [2.75, 3.05) is 9.80 Å². The van der Waals surface area contributed by atoms with E-state index in [4.69, 9.17) is 4.98 Å². The van der Waals surface area contributed by atoms with Gasteiger partial charge in [0, 0.05) is 28.4 Å². The van der Waals surface area contributed by atoms with Crippen LogP contribution in [0.1, 0.15) is 43.0 Å². The van der Waals surface area contributed by atoms with Crippen LogP contribution in [-0.2, 0) is 5.41 Å². The fraction of sp³-hybridized carbons (Fsp3) is 0.265. The zero-order valence-corrected chi connectivity index (χ0v) is 22.7. The normalized spacial score (nSPS) is 21.3. The van der Waals surface area contributed by atoms with Crippen molar-refractivity contribution in [3.8, 4) is 11.1 Å². The number of pyridine rings is 1. The maximum Gasteiger partial charge on any atom is 0.158 e. The van der Waals surface area contributed by atoms with E-state index in [1.165, 1.54) is 44.8 Å². The first kappa shape index (κ1) is 23.5. The van der Waals surface area contributed by atoms with Crippen molar-refractivity contribution < 1.29 is 0 Å². The molecule has 3 heterocycles. The van der Waals surface area contributed by atoms with Crippen LogP contribution in [0.3, 0.4) is 0 Å². The Balaban J connectivity index is 1.68. The molecule has 1 aromatic heterocycles. The molecule has 0 saturated carbocycles. The zero-order valence-electron chi connectivity index (χ0n) is 22.7. The maximum atomic E-state index is 4.96. The highest BCUT2D eigenvalue weighted by Crippen LogP contribution is 2.62.